The topological polar surface area (TPSA) is 96.4 Å². The van der Waals surface area contributed by atoms with Crippen molar-refractivity contribution in [3.63, 3.8) is 0 Å². The van der Waals surface area contributed by atoms with Gasteiger partial charge in [-0.1, -0.05) is 25.3 Å². The fraction of sp³-hybridized carbons (Fsp3) is 0.571. The third-order valence-corrected chi connectivity index (χ3v) is 6.05. The lowest BCUT2D eigenvalue weighted by atomic mass is 9.81. The maximum atomic E-state index is 12.7. The van der Waals surface area contributed by atoms with Crippen LogP contribution in [0.3, 0.4) is 0 Å². The highest BCUT2D eigenvalue weighted by Crippen LogP contribution is 2.48. The number of likely N-dealkylation sites (tertiary alicyclic amines) is 1. The highest BCUT2D eigenvalue weighted by Gasteiger charge is 2.58. The number of ether oxygens (including phenoxy) is 2. The summed E-state index contributed by atoms with van der Waals surface area (Å²) < 4.78 is 10.4. The fourth-order valence-corrected chi connectivity index (χ4v) is 4.70. The Labute approximate surface area is 170 Å². The summed E-state index contributed by atoms with van der Waals surface area (Å²) >= 11 is 0. The number of aliphatic hydroxyl groups excluding tert-OH is 1. The molecule has 0 aromatic rings. The molecule has 0 saturated carbocycles. The van der Waals surface area contributed by atoms with Crippen LogP contribution in [0.5, 0.6) is 0 Å². The van der Waals surface area contributed by atoms with Crippen molar-refractivity contribution in [2.45, 2.75) is 44.9 Å². The van der Waals surface area contributed by atoms with E-state index in [2.05, 4.69) is 13.2 Å². The molecule has 2 fully saturated rings. The lowest BCUT2D eigenvalue weighted by Crippen LogP contribution is -2.61. The van der Waals surface area contributed by atoms with E-state index in [9.17, 15) is 19.5 Å². The van der Waals surface area contributed by atoms with Crippen LogP contribution in [0.4, 0.5) is 4.79 Å². The van der Waals surface area contributed by atoms with E-state index in [0.717, 1.165) is 5.57 Å². The van der Waals surface area contributed by atoms with Crippen LogP contribution < -0.4 is 0 Å². The number of fused-ring (bicyclic) bond motifs is 1. The smallest absolute Gasteiger partial charge is 0.410 e. The Morgan fingerprint density at radius 1 is 1.28 bits per heavy atom. The van der Waals surface area contributed by atoms with Gasteiger partial charge >= 0.3 is 12.1 Å². The summed E-state index contributed by atoms with van der Waals surface area (Å²) in [6.45, 7) is 11.3. The van der Waals surface area contributed by atoms with Crippen LogP contribution in [-0.4, -0.2) is 70.8 Å². The average molecular weight is 404 g/mol. The molecule has 2 unspecified atom stereocenters. The molecule has 0 spiro atoms. The molecule has 3 rings (SSSR count). The summed E-state index contributed by atoms with van der Waals surface area (Å²) in [5.41, 5.74) is 1.07. The molecule has 8 nitrogen and oxygen atoms in total. The molecule has 29 heavy (non-hydrogen) atoms. The molecule has 0 aliphatic carbocycles. The Bertz CT molecular complexity index is 758. The van der Waals surface area contributed by atoms with Gasteiger partial charge < -0.3 is 24.4 Å². The first kappa shape index (κ1) is 21.1. The number of carbonyl (C=O) groups is 3. The van der Waals surface area contributed by atoms with Crippen molar-refractivity contribution >= 4 is 18.0 Å². The zero-order valence-corrected chi connectivity index (χ0v) is 16.9. The average Bonchev–Trinajstić information content (AvgIpc) is 3.21. The second-order valence-corrected chi connectivity index (χ2v) is 7.70. The summed E-state index contributed by atoms with van der Waals surface area (Å²) in [4.78, 5) is 40.8. The van der Waals surface area contributed by atoms with Crippen LogP contribution in [0.15, 0.2) is 36.6 Å². The van der Waals surface area contributed by atoms with Gasteiger partial charge in [-0.2, -0.15) is 0 Å². The molecule has 0 aromatic heterocycles. The van der Waals surface area contributed by atoms with Crippen LogP contribution in [0.1, 0.15) is 26.7 Å². The van der Waals surface area contributed by atoms with Crippen LogP contribution in [0.2, 0.25) is 0 Å². The molecule has 8 heteroatoms. The quantitative estimate of drug-likeness (QED) is 0.393. The summed E-state index contributed by atoms with van der Waals surface area (Å²) in [7, 11) is 0. The Kier molecular flexibility index (Phi) is 6.12. The standard InChI is InChI=1S/C21H28N2O6/c1-5-9-28-20(26)18-15(11-16-17(13(4)24)19(25)23(16)18)14-7-8-22(12(14)3)21(27)29-10-6-2/h5-6,12-14,16-17,24H,1-2,7-11H2,3-4H3/t12?,13-,14?,16-,17-/m1/s1. The van der Waals surface area contributed by atoms with Crippen molar-refractivity contribution < 1.29 is 29.0 Å². The van der Waals surface area contributed by atoms with Crippen LogP contribution in [0, 0.1) is 11.8 Å². The van der Waals surface area contributed by atoms with E-state index in [1.807, 2.05) is 6.92 Å². The van der Waals surface area contributed by atoms with Crippen LogP contribution >= 0.6 is 0 Å². The van der Waals surface area contributed by atoms with Gasteiger partial charge in [-0.25, -0.2) is 9.59 Å². The zero-order valence-electron chi connectivity index (χ0n) is 16.9. The van der Waals surface area contributed by atoms with E-state index >= 15 is 0 Å². The van der Waals surface area contributed by atoms with Crippen molar-refractivity contribution in [1.82, 2.24) is 9.80 Å². The van der Waals surface area contributed by atoms with Crippen molar-refractivity contribution in [2.24, 2.45) is 11.8 Å². The maximum absolute atomic E-state index is 12.7. The Morgan fingerprint density at radius 3 is 2.55 bits per heavy atom. The minimum Gasteiger partial charge on any atom is -0.457 e. The van der Waals surface area contributed by atoms with Crippen molar-refractivity contribution in [3.05, 3.63) is 36.6 Å². The minimum atomic E-state index is -0.792. The van der Waals surface area contributed by atoms with Gasteiger partial charge in [0.05, 0.1) is 18.1 Å². The SMILES string of the molecule is C=CCOC(=O)C1=C(C2CCN(C(=O)OCC=C)C2C)C[C@@H]2[C@@H]([C@@H](C)O)C(=O)N12. The monoisotopic (exact) mass is 404 g/mol. The summed E-state index contributed by atoms with van der Waals surface area (Å²) in [5.74, 6) is -1.45. The van der Waals surface area contributed by atoms with E-state index in [1.54, 1.807) is 11.8 Å². The van der Waals surface area contributed by atoms with Gasteiger partial charge in [-0.05, 0) is 32.3 Å². The molecule has 5 atom stereocenters. The van der Waals surface area contributed by atoms with E-state index in [1.165, 1.54) is 17.1 Å². The number of aliphatic hydroxyl groups is 1. The number of esters is 1. The number of rotatable bonds is 7. The molecular formula is C21H28N2O6. The molecule has 3 heterocycles. The van der Waals surface area contributed by atoms with Crippen LogP contribution in [-0.2, 0) is 19.1 Å². The second kappa shape index (κ2) is 8.41. The molecule has 2 saturated heterocycles. The number of hydrogen-bond acceptors (Lipinski definition) is 6. The second-order valence-electron chi connectivity index (χ2n) is 7.70. The third-order valence-electron chi connectivity index (χ3n) is 6.05. The van der Waals surface area contributed by atoms with Gasteiger partial charge in [0.2, 0.25) is 5.91 Å². The molecule has 158 valence electrons. The van der Waals surface area contributed by atoms with Gasteiger partial charge in [-0.15, -0.1) is 0 Å². The molecule has 2 amide bonds. The first-order chi connectivity index (χ1) is 13.8. The van der Waals surface area contributed by atoms with Gasteiger partial charge in [-0.3, -0.25) is 4.79 Å². The predicted molar refractivity (Wildman–Crippen MR) is 104 cm³/mol. The Balaban J connectivity index is 1.86. The number of hydrogen-bond donors (Lipinski definition) is 1. The molecule has 0 radical (unpaired) electrons. The zero-order chi connectivity index (χ0) is 21.3. The molecule has 3 aliphatic rings. The first-order valence-electron chi connectivity index (χ1n) is 9.89. The maximum Gasteiger partial charge on any atom is 0.410 e. The van der Waals surface area contributed by atoms with E-state index in [4.69, 9.17) is 9.47 Å². The normalized spacial score (nSPS) is 29.3. The summed E-state index contributed by atoms with van der Waals surface area (Å²) in [6, 6.07) is -0.443. The third kappa shape index (κ3) is 3.57. The van der Waals surface area contributed by atoms with Gasteiger partial charge in [0.25, 0.3) is 0 Å². The number of nitrogens with zero attached hydrogens (tertiary/aromatic N) is 2. The number of amides is 2. The fourth-order valence-electron chi connectivity index (χ4n) is 4.70. The summed E-state index contributed by atoms with van der Waals surface area (Å²) in [6.07, 6.45) is 2.92. The van der Waals surface area contributed by atoms with E-state index in [-0.39, 0.29) is 42.8 Å². The van der Waals surface area contributed by atoms with Crippen molar-refractivity contribution in [2.75, 3.05) is 19.8 Å². The highest BCUT2D eigenvalue weighted by molar-refractivity contribution is 6.00. The van der Waals surface area contributed by atoms with Gasteiger partial charge in [0.15, 0.2) is 0 Å². The van der Waals surface area contributed by atoms with E-state index in [0.29, 0.717) is 19.4 Å². The Morgan fingerprint density at radius 2 is 1.93 bits per heavy atom. The van der Waals surface area contributed by atoms with Gasteiger partial charge in [0, 0.05) is 18.5 Å². The van der Waals surface area contributed by atoms with Crippen molar-refractivity contribution in [3.8, 4) is 0 Å². The minimum absolute atomic E-state index is 0.0440. The number of carbonyl (C=O) groups excluding carboxylic acids is 3. The number of β-lactam (4-membered cyclic amide) rings is 1. The van der Waals surface area contributed by atoms with E-state index < -0.39 is 24.1 Å². The summed E-state index contributed by atoms with van der Waals surface area (Å²) in [5, 5.41) is 9.98. The Hall–Kier alpha value is -2.61. The molecule has 0 bridgehead atoms. The molecule has 0 aromatic carbocycles. The molecular weight excluding hydrogens is 376 g/mol. The molecule has 3 aliphatic heterocycles. The predicted octanol–water partition coefficient (Wildman–Crippen LogP) is 1.61. The lowest BCUT2D eigenvalue weighted by Gasteiger charge is -2.44. The van der Waals surface area contributed by atoms with Crippen LogP contribution in [0.25, 0.3) is 0 Å². The largest absolute Gasteiger partial charge is 0.457 e. The highest BCUT2D eigenvalue weighted by atomic mass is 16.6. The molecule has 1 N–H and O–H groups in total. The lowest BCUT2D eigenvalue weighted by molar-refractivity contribution is -0.162. The van der Waals surface area contributed by atoms with Gasteiger partial charge in [0.1, 0.15) is 18.9 Å². The van der Waals surface area contributed by atoms with Crippen molar-refractivity contribution in [1.29, 1.82) is 0 Å². The first-order valence-corrected chi connectivity index (χ1v) is 9.89.